The van der Waals surface area contributed by atoms with Gasteiger partial charge >= 0.3 is 0 Å². The molecule has 5 heteroatoms. The molecule has 0 bridgehead atoms. The highest BCUT2D eigenvalue weighted by Gasteiger charge is 2.42. The van der Waals surface area contributed by atoms with E-state index in [9.17, 15) is 9.59 Å². The highest BCUT2D eigenvalue weighted by atomic mass is 35.5. The maximum Gasteiger partial charge on any atom is 0.233 e. The molecule has 96 valence electrons. The monoisotopic (exact) mass is 266 g/mol. The molecule has 18 heavy (non-hydrogen) atoms. The molecule has 2 N–H and O–H groups in total. The minimum absolute atomic E-state index is 0.147. The van der Waals surface area contributed by atoms with Crippen LogP contribution in [0.3, 0.4) is 0 Å². The van der Waals surface area contributed by atoms with Crippen LogP contribution in [0.25, 0.3) is 0 Å². The maximum atomic E-state index is 12.0. The first-order valence-corrected chi connectivity index (χ1v) is 6.18. The third kappa shape index (κ3) is 2.08. The summed E-state index contributed by atoms with van der Waals surface area (Å²) in [7, 11) is 0. The first-order valence-electron chi connectivity index (χ1n) is 5.81. The van der Waals surface area contributed by atoms with Gasteiger partial charge in [-0.05, 0) is 23.8 Å². The molecular weight excluding hydrogens is 252 g/mol. The Morgan fingerprint density at radius 1 is 1.22 bits per heavy atom. The molecule has 0 aliphatic carbocycles. The van der Waals surface area contributed by atoms with Gasteiger partial charge in [0, 0.05) is 22.5 Å². The Morgan fingerprint density at radius 3 is 2.33 bits per heavy atom. The van der Waals surface area contributed by atoms with Crippen molar-refractivity contribution in [3.63, 3.8) is 0 Å². The smallest absolute Gasteiger partial charge is 0.233 e. The summed E-state index contributed by atoms with van der Waals surface area (Å²) >= 11 is 6.04. The van der Waals surface area contributed by atoms with Crippen molar-refractivity contribution < 1.29 is 9.59 Å². The number of hydrogen-bond donors (Lipinski definition) is 1. The number of amides is 2. The van der Waals surface area contributed by atoms with Gasteiger partial charge in [-0.3, -0.25) is 14.5 Å². The van der Waals surface area contributed by atoms with Crippen molar-refractivity contribution in [1.82, 2.24) is 4.90 Å². The number of nitrogen functional groups attached to an aromatic ring is 1. The summed E-state index contributed by atoms with van der Waals surface area (Å²) in [5.41, 5.74) is 6.94. The van der Waals surface area contributed by atoms with Crippen molar-refractivity contribution >= 4 is 29.1 Å². The van der Waals surface area contributed by atoms with E-state index in [0.29, 0.717) is 16.3 Å². The molecule has 0 saturated carbocycles. The van der Waals surface area contributed by atoms with E-state index in [4.69, 9.17) is 17.3 Å². The Morgan fingerprint density at radius 2 is 1.78 bits per heavy atom. The van der Waals surface area contributed by atoms with Crippen LogP contribution < -0.4 is 5.73 Å². The van der Waals surface area contributed by atoms with Crippen LogP contribution >= 0.6 is 11.6 Å². The summed E-state index contributed by atoms with van der Waals surface area (Å²) in [6, 6.07) is 5.05. The zero-order valence-corrected chi connectivity index (χ0v) is 11.1. The van der Waals surface area contributed by atoms with Crippen LogP contribution in [-0.4, -0.2) is 16.7 Å². The standard InChI is InChI=1S/C13H15ClN2O2/c1-7-8(2)13(18)16(12(7)17)6-9-5-10(15)3-4-11(9)14/h3-5,7-8H,6,15H2,1-2H3. The predicted octanol–water partition coefficient (Wildman–Crippen LogP) is 2.06. The van der Waals surface area contributed by atoms with Crippen LogP contribution in [0.15, 0.2) is 18.2 Å². The molecule has 2 rings (SSSR count). The lowest BCUT2D eigenvalue weighted by atomic mass is 10.00. The average molecular weight is 267 g/mol. The summed E-state index contributed by atoms with van der Waals surface area (Å²) in [6.07, 6.45) is 0. The molecule has 1 aromatic carbocycles. The first kappa shape index (κ1) is 12.9. The van der Waals surface area contributed by atoms with Crippen LogP contribution in [0.5, 0.6) is 0 Å². The summed E-state index contributed by atoms with van der Waals surface area (Å²) in [4.78, 5) is 25.2. The minimum atomic E-state index is -0.266. The number of anilines is 1. The largest absolute Gasteiger partial charge is 0.399 e. The number of imide groups is 1. The highest BCUT2D eigenvalue weighted by Crippen LogP contribution is 2.29. The molecule has 1 fully saturated rings. The second-order valence-electron chi connectivity index (χ2n) is 4.69. The molecular formula is C13H15ClN2O2. The van der Waals surface area contributed by atoms with Gasteiger partial charge in [-0.15, -0.1) is 0 Å². The van der Waals surface area contributed by atoms with E-state index >= 15 is 0 Å². The summed E-state index contributed by atoms with van der Waals surface area (Å²) in [6.45, 7) is 3.73. The zero-order valence-electron chi connectivity index (χ0n) is 10.3. The molecule has 4 nitrogen and oxygen atoms in total. The van der Waals surface area contributed by atoms with Gasteiger partial charge in [0.25, 0.3) is 0 Å². The van der Waals surface area contributed by atoms with Crippen LogP contribution in [0.1, 0.15) is 19.4 Å². The lowest BCUT2D eigenvalue weighted by Crippen LogP contribution is -2.30. The maximum absolute atomic E-state index is 12.0. The second-order valence-corrected chi connectivity index (χ2v) is 5.10. The molecule has 0 radical (unpaired) electrons. The van der Waals surface area contributed by atoms with E-state index in [0.717, 1.165) is 0 Å². The SMILES string of the molecule is CC1C(=O)N(Cc2cc(N)ccc2Cl)C(=O)C1C. The number of carbonyl (C=O) groups is 2. The second kappa shape index (κ2) is 4.61. The van der Waals surface area contributed by atoms with Crippen molar-refractivity contribution in [3.05, 3.63) is 28.8 Å². The van der Waals surface area contributed by atoms with Crippen molar-refractivity contribution in [3.8, 4) is 0 Å². The number of rotatable bonds is 2. The van der Waals surface area contributed by atoms with Crippen molar-refractivity contribution in [1.29, 1.82) is 0 Å². The minimum Gasteiger partial charge on any atom is -0.399 e. The first-order chi connectivity index (χ1) is 8.41. The molecule has 1 aromatic rings. The Kier molecular flexibility index (Phi) is 3.30. The van der Waals surface area contributed by atoms with E-state index in [1.165, 1.54) is 4.90 Å². The van der Waals surface area contributed by atoms with Crippen LogP contribution in [-0.2, 0) is 16.1 Å². The fourth-order valence-corrected chi connectivity index (χ4v) is 2.25. The molecule has 2 atom stereocenters. The van der Waals surface area contributed by atoms with Gasteiger partial charge in [-0.2, -0.15) is 0 Å². The molecule has 2 amide bonds. The normalized spacial score (nSPS) is 23.8. The number of nitrogens with two attached hydrogens (primary N) is 1. The topological polar surface area (TPSA) is 63.4 Å². The van der Waals surface area contributed by atoms with Gasteiger partial charge in [0.15, 0.2) is 0 Å². The van der Waals surface area contributed by atoms with E-state index in [-0.39, 0.29) is 30.2 Å². The number of hydrogen-bond acceptors (Lipinski definition) is 3. The lowest BCUT2D eigenvalue weighted by molar-refractivity contribution is -0.140. The average Bonchev–Trinajstić information content (AvgIpc) is 2.51. The van der Waals surface area contributed by atoms with E-state index in [2.05, 4.69) is 0 Å². The fourth-order valence-electron chi connectivity index (χ4n) is 2.07. The zero-order chi connectivity index (χ0) is 13.4. The van der Waals surface area contributed by atoms with Gasteiger partial charge in [0.05, 0.1) is 6.54 Å². The number of benzene rings is 1. The molecule has 2 unspecified atom stereocenters. The molecule has 1 heterocycles. The number of halogens is 1. The number of nitrogens with zero attached hydrogens (tertiary/aromatic N) is 1. The van der Waals surface area contributed by atoms with Gasteiger partial charge in [0.2, 0.25) is 11.8 Å². The van der Waals surface area contributed by atoms with Crippen LogP contribution in [0.4, 0.5) is 5.69 Å². The summed E-state index contributed by atoms with van der Waals surface area (Å²) in [5, 5.41) is 0.511. The van der Waals surface area contributed by atoms with Crippen LogP contribution in [0.2, 0.25) is 5.02 Å². The van der Waals surface area contributed by atoms with E-state index in [1.807, 2.05) is 0 Å². The molecule has 1 saturated heterocycles. The molecule has 0 aromatic heterocycles. The Labute approximate surface area is 111 Å². The number of likely N-dealkylation sites (tertiary alicyclic amines) is 1. The van der Waals surface area contributed by atoms with Gasteiger partial charge in [0.1, 0.15) is 0 Å². The van der Waals surface area contributed by atoms with E-state index in [1.54, 1.807) is 32.0 Å². The van der Waals surface area contributed by atoms with Crippen molar-refractivity contribution in [2.75, 3.05) is 5.73 Å². The summed E-state index contributed by atoms with van der Waals surface area (Å²) < 4.78 is 0. The van der Waals surface area contributed by atoms with Gasteiger partial charge < -0.3 is 5.73 Å². The quantitative estimate of drug-likeness (QED) is 0.658. The van der Waals surface area contributed by atoms with Gasteiger partial charge in [-0.25, -0.2) is 0 Å². The Balaban J connectivity index is 2.27. The Bertz CT molecular complexity index is 496. The Hall–Kier alpha value is -1.55. The van der Waals surface area contributed by atoms with Crippen molar-refractivity contribution in [2.24, 2.45) is 11.8 Å². The third-order valence-corrected chi connectivity index (χ3v) is 3.83. The predicted molar refractivity (Wildman–Crippen MR) is 69.7 cm³/mol. The summed E-state index contributed by atoms with van der Waals surface area (Å²) in [5.74, 6) is -0.827. The highest BCUT2D eigenvalue weighted by molar-refractivity contribution is 6.31. The third-order valence-electron chi connectivity index (χ3n) is 3.46. The van der Waals surface area contributed by atoms with Crippen molar-refractivity contribution in [2.45, 2.75) is 20.4 Å². The van der Waals surface area contributed by atoms with Gasteiger partial charge in [-0.1, -0.05) is 25.4 Å². The van der Waals surface area contributed by atoms with E-state index < -0.39 is 0 Å². The fraction of sp³-hybridized carbons (Fsp3) is 0.385. The molecule has 1 aliphatic heterocycles. The molecule has 0 spiro atoms. The number of carbonyl (C=O) groups excluding carboxylic acids is 2. The van der Waals surface area contributed by atoms with Crippen LogP contribution in [0, 0.1) is 11.8 Å². The lowest BCUT2D eigenvalue weighted by Gasteiger charge is -2.15. The molecule has 1 aliphatic rings.